The molecule has 0 saturated heterocycles. The molecule has 3 rings (SSSR count). The van der Waals surface area contributed by atoms with E-state index in [4.69, 9.17) is 4.74 Å². The van der Waals surface area contributed by atoms with Gasteiger partial charge in [0, 0.05) is 5.56 Å². The van der Waals surface area contributed by atoms with Gasteiger partial charge < -0.3 is 10.1 Å². The summed E-state index contributed by atoms with van der Waals surface area (Å²) in [4.78, 5) is 12.2. The first-order valence-corrected chi connectivity index (χ1v) is 7.47. The van der Waals surface area contributed by atoms with E-state index >= 15 is 0 Å². The van der Waals surface area contributed by atoms with Gasteiger partial charge in [0.15, 0.2) is 5.82 Å². The number of ether oxygens (including phenoxy) is 1. The maximum Gasteiger partial charge on any atom is 0.251 e. The number of aromatic nitrogens is 4. The van der Waals surface area contributed by atoms with E-state index in [2.05, 4.69) is 20.8 Å². The minimum atomic E-state index is -0.167. The first kappa shape index (κ1) is 14.5. The zero-order valence-corrected chi connectivity index (χ0v) is 12.5. The predicted octanol–water partition coefficient (Wildman–Crippen LogP) is 1.73. The maximum atomic E-state index is 12.2. The molecule has 1 heterocycles. The Hall–Kier alpha value is -2.44. The van der Waals surface area contributed by atoms with Crippen LogP contribution in [-0.2, 0) is 6.54 Å². The molecule has 1 fully saturated rings. The average Bonchev–Trinajstić information content (AvgIpc) is 3.23. The number of hydrogen-bond acceptors (Lipinski definition) is 5. The zero-order valence-electron chi connectivity index (χ0n) is 12.5. The number of benzene rings is 1. The first-order valence-electron chi connectivity index (χ1n) is 7.47. The van der Waals surface area contributed by atoms with Crippen molar-refractivity contribution in [2.45, 2.75) is 38.3 Å². The number of carbonyl (C=O) groups is 1. The highest BCUT2D eigenvalue weighted by Gasteiger charge is 2.21. The molecule has 0 radical (unpaired) electrons. The fraction of sp³-hybridized carbons (Fsp3) is 0.467. The van der Waals surface area contributed by atoms with Crippen molar-refractivity contribution in [2.24, 2.45) is 0 Å². The third-order valence-electron chi connectivity index (χ3n) is 3.97. The van der Waals surface area contributed by atoms with Crippen LogP contribution in [0.1, 0.15) is 47.9 Å². The monoisotopic (exact) mass is 301 g/mol. The van der Waals surface area contributed by atoms with E-state index in [1.54, 1.807) is 31.4 Å². The minimum Gasteiger partial charge on any atom is -0.497 e. The smallest absolute Gasteiger partial charge is 0.251 e. The maximum absolute atomic E-state index is 12.2. The van der Waals surface area contributed by atoms with Crippen molar-refractivity contribution in [3.05, 3.63) is 35.7 Å². The Bertz CT molecular complexity index is 649. The van der Waals surface area contributed by atoms with Crippen molar-refractivity contribution in [3.63, 3.8) is 0 Å². The van der Waals surface area contributed by atoms with Crippen LogP contribution >= 0.6 is 0 Å². The molecule has 1 amide bonds. The van der Waals surface area contributed by atoms with E-state index < -0.39 is 0 Å². The minimum absolute atomic E-state index is 0.167. The highest BCUT2D eigenvalue weighted by atomic mass is 16.5. The molecular formula is C15H19N5O2. The third kappa shape index (κ3) is 3.08. The molecule has 7 heteroatoms. The van der Waals surface area contributed by atoms with E-state index in [0.717, 1.165) is 12.8 Å². The summed E-state index contributed by atoms with van der Waals surface area (Å²) in [7, 11) is 1.58. The zero-order chi connectivity index (χ0) is 15.4. The lowest BCUT2D eigenvalue weighted by Gasteiger charge is -2.12. The summed E-state index contributed by atoms with van der Waals surface area (Å²) in [6.07, 6.45) is 4.62. The van der Waals surface area contributed by atoms with Crippen LogP contribution in [0.3, 0.4) is 0 Å². The molecule has 1 N–H and O–H groups in total. The number of rotatable bonds is 5. The Kier molecular flexibility index (Phi) is 4.32. The van der Waals surface area contributed by atoms with Gasteiger partial charge in [-0.3, -0.25) is 4.79 Å². The number of hydrogen-bond donors (Lipinski definition) is 1. The fourth-order valence-electron chi connectivity index (χ4n) is 2.79. The molecule has 0 unspecified atom stereocenters. The largest absolute Gasteiger partial charge is 0.497 e. The van der Waals surface area contributed by atoms with Crippen molar-refractivity contribution in [1.82, 2.24) is 25.5 Å². The molecule has 1 aromatic carbocycles. The molecule has 0 spiro atoms. The summed E-state index contributed by atoms with van der Waals surface area (Å²) in [6.45, 7) is 0.319. The van der Waals surface area contributed by atoms with Gasteiger partial charge in [-0.2, -0.15) is 0 Å². The van der Waals surface area contributed by atoms with Crippen LogP contribution in [0.2, 0.25) is 0 Å². The Morgan fingerprint density at radius 3 is 3.00 bits per heavy atom. The molecule has 1 aromatic heterocycles. The number of amides is 1. The molecular weight excluding hydrogens is 282 g/mol. The molecule has 1 saturated carbocycles. The quantitative estimate of drug-likeness (QED) is 0.909. The van der Waals surface area contributed by atoms with Gasteiger partial charge in [-0.15, -0.1) is 5.10 Å². The standard InChI is InChI=1S/C15H19N5O2/c1-22-13-8-4-5-11(9-13)15(21)16-10-14-17-18-19-20(14)12-6-2-3-7-12/h4-5,8-9,12H,2-3,6-7,10H2,1H3,(H,16,21). The summed E-state index contributed by atoms with van der Waals surface area (Å²) in [6, 6.07) is 7.40. The Morgan fingerprint density at radius 2 is 2.23 bits per heavy atom. The Labute approximate surface area is 128 Å². The second-order valence-corrected chi connectivity index (χ2v) is 5.39. The molecule has 1 aliphatic rings. The molecule has 1 aliphatic carbocycles. The molecule has 0 atom stereocenters. The van der Waals surface area contributed by atoms with Crippen molar-refractivity contribution in [1.29, 1.82) is 0 Å². The van der Waals surface area contributed by atoms with Crippen LogP contribution < -0.4 is 10.1 Å². The molecule has 0 aliphatic heterocycles. The fourth-order valence-corrected chi connectivity index (χ4v) is 2.79. The SMILES string of the molecule is COc1cccc(C(=O)NCc2nnnn2C2CCCC2)c1. The Balaban J connectivity index is 1.65. The van der Waals surface area contributed by atoms with Crippen molar-refractivity contribution in [3.8, 4) is 5.75 Å². The number of tetrazole rings is 1. The van der Waals surface area contributed by atoms with E-state index in [9.17, 15) is 4.79 Å². The van der Waals surface area contributed by atoms with Crippen LogP contribution in [0.15, 0.2) is 24.3 Å². The highest BCUT2D eigenvalue weighted by Crippen LogP contribution is 2.29. The van der Waals surface area contributed by atoms with Crippen molar-refractivity contribution < 1.29 is 9.53 Å². The van der Waals surface area contributed by atoms with Gasteiger partial charge in [-0.05, 0) is 41.5 Å². The van der Waals surface area contributed by atoms with Gasteiger partial charge in [0.1, 0.15) is 5.75 Å². The lowest BCUT2D eigenvalue weighted by atomic mass is 10.2. The number of carbonyl (C=O) groups excluding carboxylic acids is 1. The second-order valence-electron chi connectivity index (χ2n) is 5.39. The predicted molar refractivity (Wildman–Crippen MR) is 79.5 cm³/mol. The van der Waals surface area contributed by atoms with Crippen LogP contribution in [0.5, 0.6) is 5.75 Å². The summed E-state index contributed by atoms with van der Waals surface area (Å²) >= 11 is 0. The third-order valence-corrected chi connectivity index (χ3v) is 3.97. The Morgan fingerprint density at radius 1 is 1.41 bits per heavy atom. The lowest BCUT2D eigenvalue weighted by Crippen LogP contribution is -2.25. The average molecular weight is 301 g/mol. The number of nitrogens with zero attached hydrogens (tertiary/aromatic N) is 4. The molecule has 22 heavy (non-hydrogen) atoms. The first-order chi connectivity index (χ1) is 10.8. The van der Waals surface area contributed by atoms with Gasteiger partial charge in [0.25, 0.3) is 5.91 Å². The van der Waals surface area contributed by atoms with Crippen molar-refractivity contribution in [2.75, 3.05) is 7.11 Å². The lowest BCUT2D eigenvalue weighted by molar-refractivity contribution is 0.0948. The molecule has 7 nitrogen and oxygen atoms in total. The van der Waals surface area contributed by atoms with Gasteiger partial charge in [0.2, 0.25) is 0 Å². The summed E-state index contributed by atoms with van der Waals surface area (Å²) in [5.74, 6) is 1.19. The van der Waals surface area contributed by atoms with E-state index in [1.165, 1.54) is 12.8 Å². The number of nitrogens with one attached hydrogen (secondary N) is 1. The van der Waals surface area contributed by atoms with Gasteiger partial charge >= 0.3 is 0 Å². The van der Waals surface area contributed by atoms with E-state index in [-0.39, 0.29) is 5.91 Å². The van der Waals surface area contributed by atoms with E-state index in [0.29, 0.717) is 29.7 Å². The number of methoxy groups -OCH3 is 1. The van der Waals surface area contributed by atoms with Gasteiger partial charge in [-0.25, -0.2) is 4.68 Å². The van der Waals surface area contributed by atoms with Crippen LogP contribution in [0, 0.1) is 0 Å². The topological polar surface area (TPSA) is 81.9 Å². The van der Waals surface area contributed by atoms with Crippen molar-refractivity contribution >= 4 is 5.91 Å². The highest BCUT2D eigenvalue weighted by molar-refractivity contribution is 5.94. The second kappa shape index (κ2) is 6.55. The normalized spacial score (nSPS) is 15.0. The van der Waals surface area contributed by atoms with Crippen LogP contribution in [-0.4, -0.2) is 33.2 Å². The molecule has 0 bridgehead atoms. The summed E-state index contributed by atoms with van der Waals surface area (Å²) < 4.78 is 6.97. The van der Waals surface area contributed by atoms with Gasteiger partial charge in [-0.1, -0.05) is 18.9 Å². The molecule has 116 valence electrons. The van der Waals surface area contributed by atoms with Crippen LogP contribution in [0.4, 0.5) is 0 Å². The summed E-state index contributed by atoms with van der Waals surface area (Å²) in [5, 5.41) is 14.7. The van der Waals surface area contributed by atoms with Crippen LogP contribution in [0.25, 0.3) is 0 Å². The summed E-state index contributed by atoms with van der Waals surface area (Å²) in [5.41, 5.74) is 0.555. The van der Waals surface area contributed by atoms with E-state index in [1.807, 2.05) is 4.68 Å². The molecule has 2 aromatic rings. The van der Waals surface area contributed by atoms with Gasteiger partial charge in [0.05, 0.1) is 19.7 Å².